The molecule has 1 aromatic heterocycles. The van der Waals surface area contributed by atoms with Crippen molar-refractivity contribution in [3.8, 4) is 0 Å². The molecule has 1 spiro atoms. The quantitative estimate of drug-likeness (QED) is 0.773. The summed E-state index contributed by atoms with van der Waals surface area (Å²) in [6, 6.07) is 4.75. The van der Waals surface area contributed by atoms with Crippen molar-refractivity contribution >= 4 is 11.8 Å². The van der Waals surface area contributed by atoms with Gasteiger partial charge >= 0.3 is 0 Å². The number of amides is 2. The smallest absolute Gasteiger partial charge is 0.270 e. The summed E-state index contributed by atoms with van der Waals surface area (Å²) in [5, 5.41) is 0. The standard InChI is InChI=1S/C20H29N3O4/c1-4-22-14-20(15(18(22)25)13-27-5-2)9-11-23(12-10-20)19(26)16-7-6-8-17(24)21(16)3/h6-8,15H,4-5,9-14H2,1-3H3. The number of ether oxygens (including phenoxy) is 1. The van der Waals surface area contributed by atoms with Gasteiger partial charge in [0.15, 0.2) is 0 Å². The number of carbonyl (C=O) groups excluding carboxylic acids is 2. The number of nitrogens with zero attached hydrogens (tertiary/aromatic N) is 3. The molecule has 2 aliphatic rings. The van der Waals surface area contributed by atoms with Crippen LogP contribution in [0.4, 0.5) is 0 Å². The first-order valence-electron chi connectivity index (χ1n) is 9.75. The van der Waals surface area contributed by atoms with Gasteiger partial charge in [-0.2, -0.15) is 0 Å². The summed E-state index contributed by atoms with van der Waals surface area (Å²) < 4.78 is 7.01. The minimum Gasteiger partial charge on any atom is -0.381 e. The minimum absolute atomic E-state index is 0.122. The highest BCUT2D eigenvalue weighted by molar-refractivity contribution is 5.92. The molecule has 0 aliphatic carbocycles. The van der Waals surface area contributed by atoms with Crippen LogP contribution < -0.4 is 5.56 Å². The third-order valence-electron chi connectivity index (χ3n) is 6.18. The van der Waals surface area contributed by atoms with Gasteiger partial charge in [0.05, 0.1) is 12.5 Å². The van der Waals surface area contributed by atoms with Crippen LogP contribution in [-0.4, -0.2) is 65.6 Å². The lowest BCUT2D eigenvalue weighted by atomic mass is 9.71. The van der Waals surface area contributed by atoms with E-state index in [1.807, 2.05) is 18.7 Å². The van der Waals surface area contributed by atoms with Crippen LogP contribution >= 0.6 is 0 Å². The van der Waals surface area contributed by atoms with Gasteiger partial charge in [0.2, 0.25) is 5.91 Å². The van der Waals surface area contributed by atoms with E-state index >= 15 is 0 Å². The molecule has 0 saturated carbocycles. The molecule has 3 rings (SSSR count). The molecule has 1 aromatic rings. The molecule has 2 fully saturated rings. The van der Waals surface area contributed by atoms with Crippen LogP contribution in [0.25, 0.3) is 0 Å². The second-order valence-electron chi connectivity index (χ2n) is 7.53. The fourth-order valence-electron chi connectivity index (χ4n) is 4.40. The topological polar surface area (TPSA) is 71.8 Å². The van der Waals surface area contributed by atoms with Crippen molar-refractivity contribution < 1.29 is 14.3 Å². The van der Waals surface area contributed by atoms with Crippen LogP contribution in [0.2, 0.25) is 0 Å². The molecule has 7 heteroatoms. The van der Waals surface area contributed by atoms with E-state index in [4.69, 9.17) is 4.74 Å². The molecule has 7 nitrogen and oxygen atoms in total. The Hall–Kier alpha value is -2.15. The van der Waals surface area contributed by atoms with Crippen molar-refractivity contribution in [1.29, 1.82) is 0 Å². The molecule has 27 heavy (non-hydrogen) atoms. The van der Waals surface area contributed by atoms with Gasteiger partial charge in [-0.25, -0.2) is 0 Å². The Bertz CT molecular complexity index is 765. The number of rotatable bonds is 5. The van der Waals surface area contributed by atoms with E-state index in [1.165, 1.54) is 10.6 Å². The van der Waals surface area contributed by atoms with Gasteiger partial charge < -0.3 is 19.1 Å². The summed E-state index contributed by atoms with van der Waals surface area (Å²) in [6.45, 7) is 7.62. The summed E-state index contributed by atoms with van der Waals surface area (Å²) >= 11 is 0. The number of hydrogen-bond acceptors (Lipinski definition) is 4. The number of carbonyl (C=O) groups is 2. The van der Waals surface area contributed by atoms with Gasteiger partial charge in [-0.05, 0) is 32.8 Å². The molecule has 2 saturated heterocycles. The highest BCUT2D eigenvalue weighted by Gasteiger charge is 2.53. The third-order valence-corrected chi connectivity index (χ3v) is 6.18. The summed E-state index contributed by atoms with van der Waals surface area (Å²) in [6.07, 6.45) is 1.55. The zero-order valence-electron chi connectivity index (χ0n) is 16.4. The van der Waals surface area contributed by atoms with Gasteiger partial charge in [0, 0.05) is 51.3 Å². The molecule has 2 aliphatic heterocycles. The van der Waals surface area contributed by atoms with Crippen molar-refractivity contribution in [3.63, 3.8) is 0 Å². The van der Waals surface area contributed by atoms with Crippen LogP contribution in [0.15, 0.2) is 23.0 Å². The summed E-state index contributed by atoms with van der Waals surface area (Å²) in [5.74, 6) is -0.0741. The predicted molar refractivity (Wildman–Crippen MR) is 101 cm³/mol. The third kappa shape index (κ3) is 3.52. The molecular weight excluding hydrogens is 346 g/mol. The maximum absolute atomic E-state index is 12.9. The Balaban J connectivity index is 1.75. The van der Waals surface area contributed by atoms with E-state index in [2.05, 4.69) is 0 Å². The highest BCUT2D eigenvalue weighted by atomic mass is 16.5. The zero-order valence-corrected chi connectivity index (χ0v) is 16.4. The lowest BCUT2D eigenvalue weighted by molar-refractivity contribution is -0.133. The average Bonchev–Trinajstić information content (AvgIpc) is 2.93. The molecule has 3 heterocycles. The zero-order chi connectivity index (χ0) is 19.6. The Kier molecular flexibility index (Phi) is 5.69. The van der Waals surface area contributed by atoms with Crippen LogP contribution in [0.1, 0.15) is 37.2 Å². The number of aromatic nitrogens is 1. The van der Waals surface area contributed by atoms with E-state index in [9.17, 15) is 14.4 Å². The molecule has 1 unspecified atom stereocenters. The Labute approximate surface area is 159 Å². The molecule has 148 valence electrons. The van der Waals surface area contributed by atoms with E-state index in [0.717, 1.165) is 19.4 Å². The second-order valence-corrected chi connectivity index (χ2v) is 7.53. The summed E-state index contributed by atoms with van der Waals surface area (Å²) in [5.41, 5.74) is 0.0924. The van der Waals surface area contributed by atoms with Crippen molar-refractivity contribution in [2.24, 2.45) is 18.4 Å². The second kappa shape index (κ2) is 7.84. The lowest BCUT2D eigenvalue weighted by Crippen LogP contribution is -2.48. The van der Waals surface area contributed by atoms with E-state index in [-0.39, 0.29) is 28.7 Å². The maximum atomic E-state index is 12.9. The van der Waals surface area contributed by atoms with Crippen LogP contribution in [0.5, 0.6) is 0 Å². The van der Waals surface area contributed by atoms with E-state index in [1.54, 1.807) is 24.1 Å². The van der Waals surface area contributed by atoms with Gasteiger partial charge in [-0.1, -0.05) is 6.07 Å². The van der Waals surface area contributed by atoms with E-state index in [0.29, 0.717) is 38.5 Å². The average molecular weight is 375 g/mol. The largest absolute Gasteiger partial charge is 0.381 e. The summed E-state index contributed by atoms with van der Waals surface area (Å²) in [4.78, 5) is 41.2. The Morgan fingerprint density at radius 3 is 2.56 bits per heavy atom. The van der Waals surface area contributed by atoms with Crippen LogP contribution in [0.3, 0.4) is 0 Å². The number of piperidine rings is 1. The normalized spacial score (nSPS) is 21.9. The molecule has 1 atom stereocenters. The van der Waals surface area contributed by atoms with Gasteiger partial charge in [0.25, 0.3) is 11.5 Å². The van der Waals surface area contributed by atoms with Crippen LogP contribution in [-0.2, 0) is 16.6 Å². The van der Waals surface area contributed by atoms with Crippen molar-refractivity contribution in [2.45, 2.75) is 26.7 Å². The SMILES string of the molecule is CCOCC1C(=O)N(CC)CC12CCN(C(=O)c1cccc(=O)n1C)CC2. The number of hydrogen-bond donors (Lipinski definition) is 0. The van der Waals surface area contributed by atoms with Gasteiger partial charge in [-0.15, -0.1) is 0 Å². The Morgan fingerprint density at radius 2 is 1.93 bits per heavy atom. The first kappa shape index (κ1) is 19.6. The molecule has 0 bridgehead atoms. The molecule has 2 amide bonds. The first-order valence-corrected chi connectivity index (χ1v) is 9.75. The molecule has 0 aromatic carbocycles. The number of likely N-dealkylation sites (tertiary alicyclic amines) is 2. The predicted octanol–water partition coefficient (Wildman–Crippen LogP) is 1.12. The lowest BCUT2D eigenvalue weighted by Gasteiger charge is -2.41. The number of pyridine rings is 1. The molecule has 0 radical (unpaired) electrons. The maximum Gasteiger partial charge on any atom is 0.270 e. The van der Waals surface area contributed by atoms with Gasteiger partial charge in [-0.3, -0.25) is 14.4 Å². The van der Waals surface area contributed by atoms with E-state index < -0.39 is 0 Å². The fourth-order valence-corrected chi connectivity index (χ4v) is 4.40. The van der Waals surface area contributed by atoms with Crippen molar-refractivity contribution in [2.75, 3.05) is 39.4 Å². The minimum atomic E-state index is -0.189. The highest BCUT2D eigenvalue weighted by Crippen LogP contribution is 2.45. The first-order chi connectivity index (χ1) is 12.9. The monoisotopic (exact) mass is 375 g/mol. The van der Waals surface area contributed by atoms with Crippen molar-refractivity contribution in [3.05, 3.63) is 34.2 Å². The fraction of sp³-hybridized carbons (Fsp3) is 0.650. The molecule has 0 N–H and O–H groups in total. The molecular formula is C20H29N3O4. The van der Waals surface area contributed by atoms with Crippen molar-refractivity contribution in [1.82, 2.24) is 14.4 Å². The Morgan fingerprint density at radius 1 is 1.22 bits per heavy atom. The van der Waals surface area contributed by atoms with Gasteiger partial charge in [0.1, 0.15) is 5.69 Å². The van der Waals surface area contributed by atoms with Crippen LogP contribution in [0, 0.1) is 11.3 Å². The summed E-state index contributed by atoms with van der Waals surface area (Å²) in [7, 11) is 1.62.